The number of halogens is 1. The number of nitrogens with two attached hydrogens (primary N) is 1. The molecular weight excluding hydrogens is 458 g/mol. The minimum absolute atomic E-state index is 0.361. The van der Waals surface area contributed by atoms with Crippen molar-refractivity contribution in [3.8, 4) is 11.5 Å². The van der Waals surface area contributed by atoms with E-state index in [1.165, 1.54) is 16.7 Å². The largest absolute Gasteiger partial charge is 0.501 e. The number of ether oxygens (including phenoxy) is 2. The number of allylic oxidation sites excluding steroid dienone is 4. The molecule has 5 heteroatoms. The van der Waals surface area contributed by atoms with E-state index < -0.39 is 5.91 Å². The summed E-state index contributed by atoms with van der Waals surface area (Å²) in [4.78, 5) is 11.4. The fourth-order valence-corrected chi connectivity index (χ4v) is 5.24. The Kier molecular flexibility index (Phi) is 6.65. The topological polar surface area (TPSA) is 61.6 Å². The van der Waals surface area contributed by atoms with Crippen molar-refractivity contribution in [3.63, 3.8) is 0 Å². The van der Waals surface area contributed by atoms with Gasteiger partial charge in [-0.05, 0) is 77.6 Å². The van der Waals surface area contributed by atoms with E-state index in [1.54, 1.807) is 30.0 Å². The van der Waals surface area contributed by atoms with Gasteiger partial charge in [-0.1, -0.05) is 60.5 Å². The predicted octanol–water partition coefficient (Wildman–Crippen LogP) is 7.60. The molecule has 3 aliphatic rings. The molecular formula is C30H28ClNO3. The number of carbonyl (C=O) groups is 1. The van der Waals surface area contributed by atoms with Crippen molar-refractivity contribution in [2.24, 2.45) is 11.7 Å². The Morgan fingerprint density at radius 1 is 1.09 bits per heavy atom. The van der Waals surface area contributed by atoms with Gasteiger partial charge in [0.1, 0.15) is 11.5 Å². The van der Waals surface area contributed by atoms with Gasteiger partial charge in [0.2, 0.25) is 5.91 Å². The van der Waals surface area contributed by atoms with Crippen molar-refractivity contribution in [3.05, 3.63) is 100 Å². The average molecular weight is 486 g/mol. The molecule has 1 aliphatic heterocycles. The van der Waals surface area contributed by atoms with Crippen LogP contribution < -0.4 is 10.5 Å². The van der Waals surface area contributed by atoms with E-state index in [9.17, 15) is 4.79 Å². The first-order chi connectivity index (χ1) is 17.0. The lowest BCUT2D eigenvalue weighted by atomic mass is 9.76. The molecule has 0 spiro atoms. The Hall–Kier alpha value is -3.50. The second kappa shape index (κ2) is 10.0. The number of hydrogen-bond acceptors (Lipinski definition) is 3. The summed E-state index contributed by atoms with van der Waals surface area (Å²) in [5.41, 5.74) is 11.3. The first kappa shape index (κ1) is 23.3. The molecule has 1 heterocycles. The van der Waals surface area contributed by atoms with Crippen LogP contribution in [0.2, 0.25) is 5.02 Å². The van der Waals surface area contributed by atoms with Crippen LogP contribution in [0.5, 0.6) is 11.5 Å². The van der Waals surface area contributed by atoms with Crippen LogP contribution >= 0.6 is 11.6 Å². The number of hydrogen-bond donors (Lipinski definition) is 1. The van der Waals surface area contributed by atoms with Gasteiger partial charge in [-0.3, -0.25) is 4.79 Å². The summed E-state index contributed by atoms with van der Waals surface area (Å²) >= 11 is 6.38. The Balaban J connectivity index is 0.000000453. The van der Waals surface area contributed by atoms with E-state index in [1.807, 2.05) is 18.2 Å². The number of primary amides is 1. The maximum absolute atomic E-state index is 11.4. The summed E-state index contributed by atoms with van der Waals surface area (Å²) in [5.74, 6) is 1.37. The van der Waals surface area contributed by atoms with Gasteiger partial charge in [-0.25, -0.2) is 0 Å². The molecule has 2 N–H and O–H groups in total. The lowest BCUT2D eigenvalue weighted by Gasteiger charge is -2.29. The van der Waals surface area contributed by atoms with Crippen molar-refractivity contribution >= 4 is 33.9 Å². The van der Waals surface area contributed by atoms with Gasteiger partial charge in [0.25, 0.3) is 0 Å². The van der Waals surface area contributed by atoms with Gasteiger partial charge in [0.15, 0.2) is 0 Å². The highest BCUT2D eigenvalue weighted by atomic mass is 35.5. The van der Waals surface area contributed by atoms with E-state index in [2.05, 4.69) is 37.3 Å². The lowest BCUT2D eigenvalue weighted by molar-refractivity contribution is 0.100. The fraction of sp³-hybridized carbons (Fsp3) is 0.233. The van der Waals surface area contributed by atoms with Crippen molar-refractivity contribution in [1.82, 2.24) is 0 Å². The lowest BCUT2D eigenvalue weighted by Crippen LogP contribution is -2.13. The molecule has 2 aliphatic carbocycles. The van der Waals surface area contributed by atoms with Crippen LogP contribution in [0.15, 0.2) is 78.6 Å². The average Bonchev–Trinajstić information content (AvgIpc) is 3.45. The molecule has 4 nitrogen and oxygen atoms in total. The molecule has 3 aromatic rings. The number of carbonyl (C=O) groups excluding carboxylic acids is 1. The molecule has 0 saturated heterocycles. The first-order valence-electron chi connectivity index (χ1n) is 12.0. The quantitative estimate of drug-likeness (QED) is 0.415. The third kappa shape index (κ3) is 4.71. The minimum Gasteiger partial charge on any atom is -0.501 e. The number of benzene rings is 3. The zero-order valence-electron chi connectivity index (χ0n) is 19.7. The fourth-order valence-electron chi connectivity index (χ4n) is 5.02. The summed E-state index contributed by atoms with van der Waals surface area (Å²) in [6.07, 6.45) is 12.6. The summed E-state index contributed by atoms with van der Waals surface area (Å²) < 4.78 is 11.0. The normalized spacial score (nSPS) is 17.8. The van der Waals surface area contributed by atoms with Crippen LogP contribution in [0.25, 0.3) is 16.3 Å². The van der Waals surface area contributed by atoms with Crippen LogP contribution in [0.4, 0.5) is 0 Å². The minimum atomic E-state index is -0.512. The Morgan fingerprint density at radius 2 is 1.97 bits per heavy atom. The smallest absolute Gasteiger partial charge is 0.248 e. The molecule has 0 saturated carbocycles. The van der Waals surface area contributed by atoms with Gasteiger partial charge in [-0.2, -0.15) is 0 Å². The molecule has 1 unspecified atom stereocenters. The molecule has 0 fully saturated rings. The predicted molar refractivity (Wildman–Crippen MR) is 142 cm³/mol. The summed E-state index contributed by atoms with van der Waals surface area (Å²) in [6.45, 7) is 3.21. The van der Waals surface area contributed by atoms with Gasteiger partial charge < -0.3 is 15.2 Å². The summed E-state index contributed by atoms with van der Waals surface area (Å²) in [5, 5.41) is 2.64. The molecule has 0 radical (unpaired) electrons. The van der Waals surface area contributed by atoms with Gasteiger partial charge >= 0.3 is 0 Å². The number of rotatable bonds is 3. The molecule has 1 atom stereocenters. The van der Waals surface area contributed by atoms with Gasteiger partial charge in [0.05, 0.1) is 17.9 Å². The molecule has 3 aromatic carbocycles. The maximum atomic E-state index is 11.4. The summed E-state index contributed by atoms with van der Waals surface area (Å²) in [7, 11) is 0. The van der Waals surface area contributed by atoms with Crippen molar-refractivity contribution < 1.29 is 14.3 Å². The van der Waals surface area contributed by atoms with Crippen molar-refractivity contribution in [1.29, 1.82) is 0 Å². The van der Waals surface area contributed by atoms with Crippen LogP contribution in [-0.2, 0) is 11.2 Å². The van der Waals surface area contributed by atoms with Crippen molar-refractivity contribution in [2.75, 3.05) is 6.61 Å². The SMILES string of the molecule is C1=COCC1.CC1CC=CC2=C1CCc1c2ccc2cccc(Oc3ccc(C(N)=O)cc3Cl)c12. The number of aryl methyl sites for hydroxylation is 1. The Labute approximate surface area is 210 Å². The van der Waals surface area contributed by atoms with Crippen LogP contribution in [0.3, 0.4) is 0 Å². The highest BCUT2D eigenvalue weighted by Gasteiger charge is 2.25. The van der Waals surface area contributed by atoms with Crippen LogP contribution in [0.1, 0.15) is 47.7 Å². The summed E-state index contributed by atoms with van der Waals surface area (Å²) in [6, 6.07) is 15.4. The monoisotopic (exact) mass is 485 g/mol. The van der Waals surface area contributed by atoms with Gasteiger partial charge in [-0.15, -0.1) is 0 Å². The van der Waals surface area contributed by atoms with Gasteiger partial charge in [0, 0.05) is 17.4 Å². The number of fused-ring (bicyclic) bond motifs is 4. The van der Waals surface area contributed by atoms with E-state index in [0.29, 0.717) is 22.3 Å². The second-order valence-corrected chi connectivity index (χ2v) is 9.47. The maximum Gasteiger partial charge on any atom is 0.248 e. The number of amides is 1. The third-order valence-electron chi connectivity index (χ3n) is 6.80. The second-order valence-electron chi connectivity index (χ2n) is 9.07. The molecule has 35 heavy (non-hydrogen) atoms. The van der Waals surface area contributed by atoms with Crippen LogP contribution in [-0.4, -0.2) is 12.5 Å². The molecule has 178 valence electrons. The molecule has 0 bridgehead atoms. The highest BCUT2D eigenvalue weighted by molar-refractivity contribution is 6.32. The van der Waals surface area contributed by atoms with E-state index in [4.69, 9.17) is 26.8 Å². The Morgan fingerprint density at radius 3 is 2.69 bits per heavy atom. The molecule has 6 rings (SSSR count). The van der Waals surface area contributed by atoms with Crippen LogP contribution in [0, 0.1) is 5.92 Å². The standard InChI is InChI=1S/C26H22ClNO2.C4H6O/c1-15-4-2-6-19-18(15)11-12-21-20(19)10-8-16-5-3-7-24(25(16)21)30-23-13-9-17(26(28)29)14-22(23)27;1-2-4-5-3-1/h2-3,5-10,13-15H,4,11-12H2,1H3,(H2,28,29);1,3H,2,4H2. The zero-order valence-corrected chi connectivity index (χ0v) is 20.5. The zero-order chi connectivity index (χ0) is 24.4. The third-order valence-corrected chi connectivity index (χ3v) is 7.09. The molecule has 1 amide bonds. The Bertz CT molecular complexity index is 1380. The molecule has 0 aromatic heterocycles. The van der Waals surface area contributed by atoms with E-state index in [0.717, 1.165) is 48.8 Å². The van der Waals surface area contributed by atoms with E-state index >= 15 is 0 Å². The van der Waals surface area contributed by atoms with Crippen molar-refractivity contribution in [2.45, 2.75) is 32.6 Å². The van der Waals surface area contributed by atoms with E-state index in [-0.39, 0.29) is 0 Å². The highest BCUT2D eigenvalue weighted by Crippen LogP contribution is 2.44. The first-order valence-corrected chi connectivity index (χ1v) is 12.4.